The van der Waals surface area contributed by atoms with Crippen LogP contribution in [-0.4, -0.2) is 25.1 Å². The number of rotatable bonds is 5. The van der Waals surface area contributed by atoms with E-state index in [0.29, 0.717) is 5.02 Å². The number of carbonyl (C=O) groups excluding carboxylic acids is 2. The van der Waals surface area contributed by atoms with E-state index >= 15 is 0 Å². The molecule has 0 unspecified atom stereocenters. The van der Waals surface area contributed by atoms with Crippen molar-refractivity contribution in [1.29, 1.82) is 0 Å². The van der Waals surface area contributed by atoms with E-state index in [2.05, 4.69) is 4.74 Å². The zero-order valence-electron chi connectivity index (χ0n) is 9.23. The summed E-state index contributed by atoms with van der Waals surface area (Å²) in [6, 6.07) is 4.39. The molecule has 0 saturated heterocycles. The van der Waals surface area contributed by atoms with Gasteiger partial charge in [-0.15, -0.1) is 0 Å². The summed E-state index contributed by atoms with van der Waals surface area (Å²) in [7, 11) is 0. The molecule has 0 aliphatic rings. The second-order valence-corrected chi connectivity index (χ2v) is 3.53. The third-order valence-electron chi connectivity index (χ3n) is 1.86. The lowest BCUT2D eigenvalue weighted by Crippen LogP contribution is -2.18. The normalized spacial score (nSPS) is 9.76. The van der Waals surface area contributed by atoms with Crippen LogP contribution in [-0.2, 0) is 9.53 Å². The molecule has 1 rings (SSSR count). The molecule has 5 nitrogen and oxygen atoms in total. The van der Waals surface area contributed by atoms with Gasteiger partial charge >= 0.3 is 5.97 Å². The first-order valence-corrected chi connectivity index (χ1v) is 5.30. The van der Waals surface area contributed by atoms with Crippen molar-refractivity contribution in [3.8, 4) is 5.75 Å². The van der Waals surface area contributed by atoms with Gasteiger partial charge in [0.1, 0.15) is 5.75 Å². The largest absolute Gasteiger partial charge is 0.481 e. The Bertz CT molecular complexity index is 433. The quantitative estimate of drug-likeness (QED) is 0.809. The minimum Gasteiger partial charge on any atom is -0.481 e. The SMILES string of the molecule is CCOC(=O)COc1ccc(Cl)cc1C(N)=O. The molecular formula is C11H12ClNO4. The van der Waals surface area contributed by atoms with Crippen molar-refractivity contribution in [2.45, 2.75) is 6.92 Å². The van der Waals surface area contributed by atoms with Crippen LogP contribution >= 0.6 is 11.6 Å². The van der Waals surface area contributed by atoms with Gasteiger partial charge in [0.15, 0.2) is 6.61 Å². The van der Waals surface area contributed by atoms with Crippen LogP contribution in [0.1, 0.15) is 17.3 Å². The lowest BCUT2D eigenvalue weighted by atomic mass is 10.2. The van der Waals surface area contributed by atoms with Crippen molar-refractivity contribution in [2.24, 2.45) is 5.73 Å². The summed E-state index contributed by atoms with van der Waals surface area (Å²) in [5.74, 6) is -0.987. The van der Waals surface area contributed by atoms with E-state index in [-0.39, 0.29) is 24.5 Å². The van der Waals surface area contributed by atoms with Gasteiger partial charge < -0.3 is 15.2 Å². The first-order chi connectivity index (χ1) is 8.04. The fourth-order valence-corrected chi connectivity index (χ4v) is 1.33. The van der Waals surface area contributed by atoms with Gasteiger partial charge in [0.25, 0.3) is 5.91 Å². The predicted molar refractivity (Wildman–Crippen MR) is 62.1 cm³/mol. The maximum absolute atomic E-state index is 11.1. The monoisotopic (exact) mass is 257 g/mol. The maximum Gasteiger partial charge on any atom is 0.344 e. The number of carbonyl (C=O) groups is 2. The van der Waals surface area contributed by atoms with Crippen molar-refractivity contribution >= 4 is 23.5 Å². The second-order valence-electron chi connectivity index (χ2n) is 3.10. The molecule has 0 fully saturated rings. The Morgan fingerprint density at radius 2 is 2.12 bits per heavy atom. The molecule has 1 aromatic rings. The Kier molecular flexibility index (Phi) is 4.78. The van der Waals surface area contributed by atoms with Gasteiger partial charge in [-0.25, -0.2) is 4.79 Å². The van der Waals surface area contributed by atoms with Crippen LogP contribution in [0.25, 0.3) is 0 Å². The Morgan fingerprint density at radius 1 is 1.41 bits per heavy atom. The highest BCUT2D eigenvalue weighted by molar-refractivity contribution is 6.31. The number of hydrogen-bond acceptors (Lipinski definition) is 4. The third kappa shape index (κ3) is 3.96. The van der Waals surface area contributed by atoms with Gasteiger partial charge in [0, 0.05) is 5.02 Å². The van der Waals surface area contributed by atoms with Crippen LogP contribution in [0.2, 0.25) is 5.02 Å². The molecule has 0 aliphatic carbocycles. The van der Waals surface area contributed by atoms with Gasteiger partial charge in [0.05, 0.1) is 12.2 Å². The number of primary amides is 1. The summed E-state index contributed by atoms with van der Waals surface area (Å²) < 4.78 is 9.82. The molecule has 0 bridgehead atoms. The molecule has 0 spiro atoms. The van der Waals surface area contributed by atoms with E-state index in [0.717, 1.165) is 0 Å². The highest BCUT2D eigenvalue weighted by atomic mass is 35.5. The van der Waals surface area contributed by atoms with Crippen molar-refractivity contribution in [1.82, 2.24) is 0 Å². The number of benzene rings is 1. The van der Waals surface area contributed by atoms with Crippen LogP contribution in [0.4, 0.5) is 0 Å². The van der Waals surface area contributed by atoms with Gasteiger partial charge in [-0.3, -0.25) is 4.79 Å². The number of halogens is 1. The van der Waals surface area contributed by atoms with Crippen LogP contribution in [0.3, 0.4) is 0 Å². The minimum atomic E-state index is -0.675. The third-order valence-corrected chi connectivity index (χ3v) is 2.09. The fraction of sp³-hybridized carbons (Fsp3) is 0.273. The molecule has 1 amide bonds. The zero-order valence-corrected chi connectivity index (χ0v) is 9.99. The molecule has 0 heterocycles. The van der Waals surface area contributed by atoms with E-state index in [9.17, 15) is 9.59 Å². The molecule has 0 saturated carbocycles. The highest BCUT2D eigenvalue weighted by Gasteiger charge is 2.12. The summed E-state index contributed by atoms with van der Waals surface area (Å²) in [5, 5.41) is 0.363. The first-order valence-electron chi connectivity index (χ1n) is 4.92. The average Bonchev–Trinajstić information content (AvgIpc) is 2.27. The number of hydrogen-bond donors (Lipinski definition) is 1. The van der Waals surface area contributed by atoms with E-state index in [1.165, 1.54) is 18.2 Å². The number of ether oxygens (including phenoxy) is 2. The van der Waals surface area contributed by atoms with E-state index in [1.807, 2.05) is 0 Å². The van der Waals surface area contributed by atoms with Gasteiger partial charge in [-0.05, 0) is 25.1 Å². The van der Waals surface area contributed by atoms with E-state index in [4.69, 9.17) is 22.1 Å². The van der Waals surface area contributed by atoms with Gasteiger partial charge in [-0.2, -0.15) is 0 Å². The predicted octanol–water partition coefficient (Wildman–Crippen LogP) is 1.38. The first kappa shape index (κ1) is 13.3. The molecule has 2 N–H and O–H groups in total. The summed E-state index contributed by atoms with van der Waals surface area (Å²) in [4.78, 5) is 22.2. The molecule has 0 aliphatic heterocycles. The average molecular weight is 258 g/mol. The topological polar surface area (TPSA) is 78.6 Å². The second kappa shape index (κ2) is 6.10. The highest BCUT2D eigenvalue weighted by Crippen LogP contribution is 2.22. The molecular weight excluding hydrogens is 246 g/mol. The van der Waals surface area contributed by atoms with Crippen molar-refractivity contribution in [2.75, 3.05) is 13.2 Å². The summed E-state index contributed by atoms with van der Waals surface area (Å²) in [6.07, 6.45) is 0. The van der Waals surface area contributed by atoms with Crippen LogP contribution in [0.15, 0.2) is 18.2 Å². The Labute approximate surface area is 103 Å². The number of amides is 1. The smallest absolute Gasteiger partial charge is 0.344 e. The summed E-state index contributed by atoms with van der Waals surface area (Å²) in [6.45, 7) is 1.68. The van der Waals surface area contributed by atoms with Crippen molar-refractivity contribution in [3.63, 3.8) is 0 Å². The van der Waals surface area contributed by atoms with E-state index in [1.54, 1.807) is 6.92 Å². The number of nitrogens with two attached hydrogens (primary N) is 1. The van der Waals surface area contributed by atoms with Crippen LogP contribution in [0.5, 0.6) is 5.75 Å². The fourth-order valence-electron chi connectivity index (χ4n) is 1.16. The van der Waals surface area contributed by atoms with Crippen LogP contribution in [0, 0.1) is 0 Å². The van der Waals surface area contributed by atoms with E-state index < -0.39 is 11.9 Å². The van der Waals surface area contributed by atoms with Crippen molar-refractivity contribution in [3.05, 3.63) is 28.8 Å². The maximum atomic E-state index is 11.1. The zero-order chi connectivity index (χ0) is 12.8. The molecule has 17 heavy (non-hydrogen) atoms. The van der Waals surface area contributed by atoms with Gasteiger partial charge in [-0.1, -0.05) is 11.6 Å². The molecule has 6 heteroatoms. The Hall–Kier alpha value is -1.75. The van der Waals surface area contributed by atoms with Crippen molar-refractivity contribution < 1.29 is 19.1 Å². The standard InChI is InChI=1S/C11H12ClNO4/c1-2-16-10(14)6-17-9-4-3-7(12)5-8(9)11(13)15/h3-5H,2,6H2,1H3,(H2,13,15). The minimum absolute atomic E-state index is 0.127. The molecule has 92 valence electrons. The molecule has 0 radical (unpaired) electrons. The molecule has 0 atom stereocenters. The molecule has 1 aromatic carbocycles. The summed E-state index contributed by atoms with van der Waals surface area (Å²) in [5.41, 5.74) is 5.28. The lowest BCUT2D eigenvalue weighted by Gasteiger charge is -2.09. The van der Waals surface area contributed by atoms with Crippen LogP contribution < -0.4 is 10.5 Å². The Balaban J connectivity index is 2.77. The lowest BCUT2D eigenvalue weighted by molar-refractivity contribution is -0.145. The van der Waals surface area contributed by atoms with Gasteiger partial charge in [0.2, 0.25) is 0 Å². The summed E-state index contributed by atoms with van der Waals surface area (Å²) >= 11 is 5.72. The number of esters is 1. The molecule has 0 aromatic heterocycles. The Morgan fingerprint density at radius 3 is 2.71 bits per heavy atom.